The van der Waals surface area contributed by atoms with Gasteiger partial charge in [0.15, 0.2) is 0 Å². The van der Waals surface area contributed by atoms with Crippen molar-refractivity contribution in [3.05, 3.63) is 0 Å². The van der Waals surface area contributed by atoms with E-state index in [1.807, 2.05) is 20.1 Å². The van der Waals surface area contributed by atoms with Gasteiger partial charge in [0.2, 0.25) is 0 Å². The highest BCUT2D eigenvalue weighted by Crippen LogP contribution is 2.19. The standard InChI is InChI=1S/C10H20N2O3S/c1-5-7(8(13)14)12-9(15)11-6-10(2,3)16-4/h7H,5-6H2,1-4H3,(H,13,14)(H2,11,12,15)/t7-/m0/s1. The number of nitrogens with one attached hydrogen (secondary N) is 2. The Morgan fingerprint density at radius 3 is 2.38 bits per heavy atom. The molecule has 16 heavy (non-hydrogen) atoms. The van der Waals surface area contributed by atoms with Gasteiger partial charge in [-0.05, 0) is 26.5 Å². The van der Waals surface area contributed by atoms with Crippen LogP contribution >= 0.6 is 11.8 Å². The number of carboxylic acids is 1. The summed E-state index contributed by atoms with van der Waals surface area (Å²) in [7, 11) is 0. The average molecular weight is 248 g/mol. The Hall–Kier alpha value is -0.910. The number of hydrogen-bond donors (Lipinski definition) is 3. The summed E-state index contributed by atoms with van der Waals surface area (Å²) >= 11 is 1.64. The van der Waals surface area contributed by atoms with Gasteiger partial charge in [-0.15, -0.1) is 0 Å². The molecule has 0 rings (SSSR count). The minimum atomic E-state index is -1.01. The molecule has 0 unspecified atom stereocenters. The van der Waals surface area contributed by atoms with Gasteiger partial charge in [0.1, 0.15) is 6.04 Å². The quantitative estimate of drug-likeness (QED) is 0.662. The maximum Gasteiger partial charge on any atom is 0.326 e. The van der Waals surface area contributed by atoms with E-state index in [0.29, 0.717) is 13.0 Å². The second-order valence-electron chi connectivity index (χ2n) is 4.09. The van der Waals surface area contributed by atoms with Crippen LogP contribution in [0, 0.1) is 0 Å². The van der Waals surface area contributed by atoms with Crippen LogP contribution < -0.4 is 10.6 Å². The molecule has 0 spiro atoms. The van der Waals surface area contributed by atoms with Crippen molar-refractivity contribution in [3.8, 4) is 0 Å². The highest BCUT2D eigenvalue weighted by molar-refractivity contribution is 7.99. The van der Waals surface area contributed by atoms with Crippen molar-refractivity contribution in [1.29, 1.82) is 0 Å². The molecule has 5 nitrogen and oxygen atoms in total. The minimum Gasteiger partial charge on any atom is -0.480 e. The molecule has 0 aliphatic carbocycles. The van der Waals surface area contributed by atoms with E-state index in [1.54, 1.807) is 18.7 Å². The Morgan fingerprint density at radius 2 is 2.00 bits per heavy atom. The van der Waals surface area contributed by atoms with Gasteiger partial charge < -0.3 is 15.7 Å². The predicted octanol–water partition coefficient (Wildman–Crippen LogP) is 1.29. The van der Waals surface area contributed by atoms with Crippen molar-refractivity contribution < 1.29 is 14.7 Å². The van der Waals surface area contributed by atoms with Crippen LogP contribution in [0.5, 0.6) is 0 Å². The lowest BCUT2D eigenvalue weighted by molar-refractivity contribution is -0.139. The summed E-state index contributed by atoms with van der Waals surface area (Å²) in [6.07, 6.45) is 2.33. The summed E-state index contributed by atoms with van der Waals surface area (Å²) in [5.41, 5.74) is 0. The Morgan fingerprint density at radius 1 is 1.44 bits per heavy atom. The van der Waals surface area contributed by atoms with Gasteiger partial charge in [-0.1, -0.05) is 6.92 Å². The van der Waals surface area contributed by atoms with Crippen molar-refractivity contribution in [2.45, 2.75) is 38.0 Å². The third-order valence-electron chi connectivity index (χ3n) is 2.24. The number of carbonyl (C=O) groups is 2. The van der Waals surface area contributed by atoms with Crippen molar-refractivity contribution >= 4 is 23.8 Å². The zero-order chi connectivity index (χ0) is 12.8. The molecule has 6 heteroatoms. The van der Waals surface area contributed by atoms with E-state index in [4.69, 9.17) is 5.11 Å². The van der Waals surface area contributed by atoms with E-state index in [9.17, 15) is 9.59 Å². The molecule has 0 aromatic heterocycles. The molecule has 0 aliphatic heterocycles. The highest BCUT2D eigenvalue weighted by atomic mass is 32.2. The maximum absolute atomic E-state index is 11.4. The number of aliphatic carboxylic acids is 1. The topological polar surface area (TPSA) is 78.4 Å². The van der Waals surface area contributed by atoms with Crippen LogP contribution in [-0.4, -0.2) is 40.7 Å². The first kappa shape index (κ1) is 15.1. The number of carbonyl (C=O) groups excluding carboxylic acids is 1. The number of amides is 2. The van der Waals surface area contributed by atoms with Gasteiger partial charge >= 0.3 is 12.0 Å². The maximum atomic E-state index is 11.4. The van der Waals surface area contributed by atoms with E-state index in [-0.39, 0.29) is 4.75 Å². The molecule has 0 aromatic rings. The van der Waals surface area contributed by atoms with Gasteiger partial charge in [0.25, 0.3) is 0 Å². The molecule has 2 amide bonds. The lowest BCUT2D eigenvalue weighted by atomic mass is 10.2. The molecule has 3 N–H and O–H groups in total. The second-order valence-corrected chi connectivity index (χ2v) is 5.60. The molecule has 0 saturated heterocycles. The van der Waals surface area contributed by atoms with Gasteiger partial charge in [-0.25, -0.2) is 9.59 Å². The summed E-state index contributed by atoms with van der Waals surface area (Å²) in [5.74, 6) is -1.01. The lowest BCUT2D eigenvalue weighted by Crippen LogP contribution is -2.48. The number of thioether (sulfide) groups is 1. The lowest BCUT2D eigenvalue weighted by Gasteiger charge is -2.23. The Kier molecular flexibility index (Phi) is 6.25. The third kappa shape index (κ3) is 5.85. The number of urea groups is 1. The Bertz CT molecular complexity index is 256. The van der Waals surface area contributed by atoms with Crippen LogP contribution in [0.2, 0.25) is 0 Å². The molecule has 0 heterocycles. The summed E-state index contributed by atoms with van der Waals surface area (Å²) in [4.78, 5) is 22.1. The average Bonchev–Trinajstić information content (AvgIpc) is 2.22. The smallest absolute Gasteiger partial charge is 0.326 e. The number of rotatable bonds is 6. The third-order valence-corrected chi connectivity index (χ3v) is 3.49. The Balaban J connectivity index is 4.04. The van der Waals surface area contributed by atoms with Crippen LogP contribution in [0.3, 0.4) is 0 Å². The molecule has 0 aliphatic rings. The first-order valence-electron chi connectivity index (χ1n) is 5.14. The highest BCUT2D eigenvalue weighted by Gasteiger charge is 2.20. The molecule has 1 atom stereocenters. The first-order valence-corrected chi connectivity index (χ1v) is 6.37. The van der Waals surface area contributed by atoms with E-state index in [0.717, 1.165) is 0 Å². The van der Waals surface area contributed by atoms with Crippen molar-refractivity contribution in [2.24, 2.45) is 0 Å². The fourth-order valence-electron chi connectivity index (χ4n) is 0.913. The SMILES string of the molecule is CC[C@H](NC(=O)NCC(C)(C)SC)C(=O)O. The molecular formula is C10H20N2O3S. The summed E-state index contributed by atoms with van der Waals surface area (Å²) < 4.78 is -0.0533. The fraction of sp³-hybridized carbons (Fsp3) is 0.800. The van der Waals surface area contributed by atoms with Crippen LogP contribution in [0.1, 0.15) is 27.2 Å². The van der Waals surface area contributed by atoms with E-state index >= 15 is 0 Å². The van der Waals surface area contributed by atoms with E-state index in [1.165, 1.54) is 0 Å². The number of carboxylic acid groups (broad SMARTS) is 1. The molecule has 0 fully saturated rings. The Labute approximate surface area is 100 Å². The monoisotopic (exact) mass is 248 g/mol. The van der Waals surface area contributed by atoms with Crippen molar-refractivity contribution in [2.75, 3.05) is 12.8 Å². The zero-order valence-electron chi connectivity index (χ0n) is 10.2. The van der Waals surface area contributed by atoms with Gasteiger partial charge in [-0.2, -0.15) is 11.8 Å². The predicted molar refractivity (Wildman–Crippen MR) is 65.8 cm³/mol. The first-order chi connectivity index (χ1) is 7.32. The van der Waals surface area contributed by atoms with E-state index < -0.39 is 18.0 Å². The molecule has 0 saturated carbocycles. The molecule has 94 valence electrons. The summed E-state index contributed by atoms with van der Waals surface area (Å²) in [6.45, 7) is 6.22. The van der Waals surface area contributed by atoms with Crippen molar-refractivity contribution in [3.63, 3.8) is 0 Å². The largest absolute Gasteiger partial charge is 0.480 e. The van der Waals surface area contributed by atoms with Gasteiger partial charge in [0.05, 0.1) is 0 Å². The molecule has 0 bridgehead atoms. The molecular weight excluding hydrogens is 228 g/mol. The summed E-state index contributed by atoms with van der Waals surface area (Å²) in [5, 5.41) is 13.8. The molecule has 0 radical (unpaired) electrons. The van der Waals surface area contributed by atoms with Crippen molar-refractivity contribution in [1.82, 2.24) is 10.6 Å². The van der Waals surface area contributed by atoms with E-state index in [2.05, 4.69) is 10.6 Å². The van der Waals surface area contributed by atoms with Gasteiger partial charge in [-0.3, -0.25) is 0 Å². The van der Waals surface area contributed by atoms with Crippen LogP contribution in [0.25, 0.3) is 0 Å². The van der Waals surface area contributed by atoms with Crippen LogP contribution in [0.4, 0.5) is 4.79 Å². The second kappa shape index (κ2) is 6.62. The van der Waals surface area contributed by atoms with Crippen LogP contribution in [0.15, 0.2) is 0 Å². The number of hydrogen-bond acceptors (Lipinski definition) is 3. The van der Waals surface area contributed by atoms with Crippen LogP contribution in [-0.2, 0) is 4.79 Å². The fourth-order valence-corrected chi connectivity index (χ4v) is 1.13. The summed E-state index contributed by atoms with van der Waals surface area (Å²) in [6, 6.07) is -1.26. The minimum absolute atomic E-state index is 0.0533. The normalized spacial score (nSPS) is 13.0. The zero-order valence-corrected chi connectivity index (χ0v) is 11.0. The van der Waals surface area contributed by atoms with Gasteiger partial charge in [0, 0.05) is 11.3 Å². The molecule has 0 aromatic carbocycles.